The summed E-state index contributed by atoms with van der Waals surface area (Å²) in [6.07, 6.45) is 4.13. The zero-order valence-electron chi connectivity index (χ0n) is 9.88. The highest BCUT2D eigenvalue weighted by molar-refractivity contribution is 6.33. The Morgan fingerprint density at radius 2 is 2.05 bits per heavy atom. The third kappa shape index (κ3) is 4.18. The number of amides is 1. The van der Waals surface area contributed by atoms with Crippen LogP contribution in [0.4, 0.5) is 0 Å². The first-order valence-corrected chi connectivity index (χ1v) is 6.36. The lowest BCUT2D eigenvalue weighted by atomic mass is 10.2. The minimum absolute atomic E-state index is 0.195. The first-order chi connectivity index (χ1) is 9.15. The van der Waals surface area contributed by atoms with E-state index in [0.29, 0.717) is 18.7 Å². The van der Waals surface area contributed by atoms with Gasteiger partial charge in [-0.2, -0.15) is 0 Å². The number of aryl methyl sites for hydroxylation is 1. The van der Waals surface area contributed by atoms with E-state index in [0.717, 1.165) is 6.42 Å². The molecule has 0 spiro atoms. The first kappa shape index (κ1) is 13.8. The lowest BCUT2D eigenvalue weighted by molar-refractivity contribution is 0.0952. The number of hydrogen-bond acceptors (Lipinski definition) is 4. The normalized spacial score (nSPS) is 10.4. The Balaban J connectivity index is 1.80. The van der Waals surface area contributed by atoms with Gasteiger partial charge in [-0.25, -0.2) is 4.98 Å². The smallest absolute Gasteiger partial charge is 0.251 e. The maximum atomic E-state index is 11.8. The molecule has 0 unspecified atom stereocenters. The molecule has 6 nitrogen and oxygen atoms in total. The Kier molecular flexibility index (Phi) is 4.70. The van der Waals surface area contributed by atoms with Crippen molar-refractivity contribution in [1.82, 2.24) is 25.3 Å². The summed E-state index contributed by atoms with van der Waals surface area (Å²) in [7, 11) is 0. The number of rotatable bonds is 5. The van der Waals surface area contributed by atoms with Gasteiger partial charge in [0, 0.05) is 24.8 Å². The Labute approximate surface area is 119 Å². The highest BCUT2D eigenvalue weighted by Gasteiger charge is 2.07. The number of aromatic nitrogens is 4. The van der Waals surface area contributed by atoms with Crippen molar-refractivity contribution in [3.8, 4) is 0 Å². The molecule has 0 atom stereocenters. The number of nitrogens with zero attached hydrogens (tertiary/aromatic N) is 4. The van der Waals surface area contributed by atoms with E-state index in [9.17, 15) is 4.79 Å². The molecule has 0 aromatic carbocycles. The molecule has 1 amide bonds. The van der Waals surface area contributed by atoms with Crippen LogP contribution in [0.2, 0.25) is 10.3 Å². The van der Waals surface area contributed by atoms with Gasteiger partial charge in [0.2, 0.25) is 0 Å². The average Bonchev–Trinajstić information content (AvgIpc) is 2.86. The van der Waals surface area contributed by atoms with Crippen LogP contribution in [0, 0.1) is 0 Å². The van der Waals surface area contributed by atoms with Gasteiger partial charge in [0.1, 0.15) is 10.3 Å². The van der Waals surface area contributed by atoms with Crippen molar-refractivity contribution in [3.63, 3.8) is 0 Å². The molecule has 1 N–H and O–H groups in total. The minimum atomic E-state index is -0.232. The second kappa shape index (κ2) is 6.49. The third-order valence-electron chi connectivity index (χ3n) is 2.35. The number of halogens is 2. The molecule has 0 radical (unpaired) electrons. The van der Waals surface area contributed by atoms with Crippen LogP contribution < -0.4 is 5.32 Å². The van der Waals surface area contributed by atoms with Crippen LogP contribution >= 0.6 is 23.2 Å². The van der Waals surface area contributed by atoms with Gasteiger partial charge in [-0.15, -0.1) is 5.10 Å². The maximum absolute atomic E-state index is 11.8. The molecule has 0 bridgehead atoms. The van der Waals surface area contributed by atoms with E-state index in [1.807, 2.05) is 0 Å². The van der Waals surface area contributed by atoms with E-state index in [1.165, 1.54) is 12.1 Å². The van der Waals surface area contributed by atoms with Gasteiger partial charge >= 0.3 is 0 Å². The molecule has 0 fully saturated rings. The second-order valence-corrected chi connectivity index (χ2v) is 4.55. The summed E-state index contributed by atoms with van der Waals surface area (Å²) >= 11 is 11.5. The predicted molar refractivity (Wildman–Crippen MR) is 71.2 cm³/mol. The number of carbonyl (C=O) groups is 1. The van der Waals surface area contributed by atoms with Gasteiger partial charge in [0.25, 0.3) is 5.91 Å². The largest absolute Gasteiger partial charge is 0.352 e. The fourth-order valence-corrected chi connectivity index (χ4v) is 1.95. The molecule has 0 aliphatic rings. The first-order valence-electron chi connectivity index (χ1n) is 5.60. The highest BCUT2D eigenvalue weighted by Crippen LogP contribution is 2.14. The number of hydrogen-bond donors (Lipinski definition) is 1. The fraction of sp³-hybridized carbons (Fsp3) is 0.273. The van der Waals surface area contributed by atoms with Crippen LogP contribution in [-0.4, -0.2) is 32.4 Å². The van der Waals surface area contributed by atoms with Gasteiger partial charge < -0.3 is 5.32 Å². The topological polar surface area (TPSA) is 72.7 Å². The Hall–Kier alpha value is -1.66. The number of pyridine rings is 1. The van der Waals surface area contributed by atoms with Crippen LogP contribution in [0.3, 0.4) is 0 Å². The standard InChI is InChI=1S/C11H11Cl2N5O/c12-9-6-8(7-10(13)16-9)11(19)14-2-1-4-18-5-3-15-17-18/h3,5-7H,1-2,4H2,(H,14,19). The summed E-state index contributed by atoms with van der Waals surface area (Å²) < 4.78 is 1.70. The van der Waals surface area contributed by atoms with E-state index in [4.69, 9.17) is 23.2 Å². The van der Waals surface area contributed by atoms with Crippen LogP contribution in [0.25, 0.3) is 0 Å². The quantitative estimate of drug-likeness (QED) is 0.675. The van der Waals surface area contributed by atoms with Crippen molar-refractivity contribution in [2.24, 2.45) is 0 Å². The number of carbonyl (C=O) groups excluding carboxylic acids is 1. The monoisotopic (exact) mass is 299 g/mol. The molecule has 8 heteroatoms. The van der Waals surface area contributed by atoms with Crippen LogP contribution in [0.15, 0.2) is 24.5 Å². The van der Waals surface area contributed by atoms with Crippen LogP contribution in [0.5, 0.6) is 0 Å². The van der Waals surface area contributed by atoms with Crippen molar-refractivity contribution in [3.05, 3.63) is 40.4 Å². The molecular formula is C11H11Cl2N5O. The summed E-state index contributed by atoms with van der Waals surface area (Å²) in [6.45, 7) is 1.22. The van der Waals surface area contributed by atoms with Crippen molar-refractivity contribution < 1.29 is 4.79 Å². The molecule has 0 aliphatic carbocycles. The third-order valence-corrected chi connectivity index (χ3v) is 2.73. The molecule has 0 aliphatic heterocycles. The van der Waals surface area contributed by atoms with E-state index in [1.54, 1.807) is 17.1 Å². The maximum Gasteiger partial charge on any atom is 0.251 e. The van der Waals surface area contributed by atoms with Gasteiger partial charge in [-0.1, -0.05) is 28.4 Å². The molecule has 2 aromatic rings. The SMILES string of the molecule is O=C(NCCCn1ccnn1)c1cc(Cl)nc(Cl)c1. The molecular weight excluding hydrogens is 289 g/mol. The van der Waals surface area contributed by atoms with Crippen molar-refractivity contribution in [2.45, 2.75) is 13.0 Å². The molecule has 0 saturated carbocycles. The van der Waals surface area contributed by atoms with E-state index in [2.05, 4.69) is 20.6 Å². The van der Waals surface area contributed by atoms with Gasteiger partial charge in [0.15, 0.2) is 0 Å². The van der Waals surface area contributed by atoms with Crippen molar-refractivity contribution >= 4 is 29.1 Å². The van der Waals surface area contributed by atoms with Gasteiger partial charge in [-0.3, -0.25) is 9.48 Å². The second-order valence-electron chi connectivity index (χ2n) is 3.78. The van der Waals surface area contributed by atoms with Crippen LogP contribution in [-0.2, 0) is 6.54 Å². The summed E-state index contributed by atoms with van der Waals surface area (Å²) in [5.74, 6) is -0.232. The molecule has 19 heavy (non-hydrogen) atoms. The summed E-state index contributed by atoms with van der Waals surface area (Å²) in [5, 5.41) is 10.7. The molecule has 2 heterocycles. The number of nitrogens with one attached hydrogen (secondary N) is 1. The van der Waals surface area contributed by atoms with Crippen molar-refractivity contribution in [2.75, 3.05) is 6.54 Å². The highest BCUT2D eigenvalue weighted by atomic mass is 35.5. The zero-order chi connectivity index (χ0) is 13.7. The van der Waals surface area contributed by atoms with Gasteiger partial charge in [0.05, 0.1) is 6.20 Å². The summed E-state index contributed by atoms with van der Waals surface area (Å²) in [4.78, 5) is 15.6. The Morgan fingerprint density at radius 3 is 2.68 bits per heavy atom. The summed E-state index contributed by atoms with van der Waals surface area (Å²) in [5.41, 5.74) is 0.394. The van der Waals surface area contributed by atoms with Crippen molar-refractivity contribution in [1.29, 1.82) is 0 Å². The molecule has 100 valence electrons. The average molecular weight is 300 g/mol. The lowest BCUT2D eigenvalue weighted by Gasteiger charge is -2.05. The lowest BCUT2D eigenvalue weighted by Crippen LogP contribution is -2.25. The van der Waals surface area contributed by atoms with E-state index in [-0.39, 0.29) is 16.2 Å². The fourth-order valence-electron chi connectivity index (χ4n) is 1.49. The Morgan fingerprint density at radius 1 is 1.32 bits per heavy atom. The molecule has 0 saturated heterocycles. The molecule has 2 aromatic heterocycles. The van der Waals surface area contributed by atoms with E-state index < -0.39 is 0 Å². The molecule has 2 rings (SSSR count). The predicted octanol–water partition coefficient (Wildman–Crippen LogP) is 1.80. The minimum Gasteiger partial charge on any atom is -0.352 e. The zero-order valence-corrected chi connectivity index (χ0v) is 11.4. The Bertz CT molecular complexity index is 538. The van der Waals surface area contributed by atoms with Gasteiger partial charge in [-0.05, 0) is 18.6 Å². The van der Waals surface area contributed by atoms with Crippen LogP contribution in [0.1, 0.15) is 16.8 Å². The van der Waals surface area contributed by atoms with E-state index >= 15 is 0 Å². The summed E-state index contributed by atoms with van der Waals surface area (Å²) in [6, 6.07) is 2.94.